The zero-order valence-electron chi connectivity index (χ0n) is 12.2. The molecule has 1 aromatic rings. The summed E-state index contributed by atoms with van der Waals surface area (Å²) in [6, 6.07) is 0. The third-order valence-electron chi connectivity index (χ3n) is 3.82. The molecule has 0 saturated heterocycles. The molecule has 1 aliphatic rings. The first-order valence-electron chi connectivity index (χ1n) is 7.29. The molecule has 0 bridgehead atoms. The van der Waals surface area contributed by atoms with Gasteiger partial charge in [-0.25, -0.2) is 20.8 Å². The summed E-state index contributed by atoms with van der Waals surface area (Å²) < 4.78 is 0. The van der Waals surface area contributed by atoms with Crippen molar-refractivity contribution >= 4 is 17.6 Å². The number of hydrogen-bond donors (Lipinski definition) is 2. The largest absolute Gasteiger partial charge is 0.365 e. The number of carbonyl (C=O) groups excluding carboxylic acids is 2. The summed E-state index contributed by atoms with van der Waals surface area (Å²) in [4.78, 5) is 31.8. The van der Waals surface area contributed by atoms with Crippen LogP contribution in [-0.2, 0) is 4.79 Å². The van der Waals surface area contributed by atoms with Crippen LogP contribution in [-0.4, -0.2) is 21.8 Å². The predicted octanol–water partition coefficient (Wildman–Crippen LogP) is 1.24. The Morgan fingerprint density at radius 3 is 2.57 bits per heavy atom. The Hall–Kier alpha value is -2.02. The molecule has 4 N–H and O–H groups in total. The van der Waals surface area contributed by atoms with E-state index in [0.29, 0.717) is 5.82 Å². The van der Waals surface area contributed by atoms with Gasteiger partial charge in [0.05, 0.1) is 0 Å². The SMILES string of the molecule is CCC(=O)N(N)c1nc(C2CCCCC2)ncc1C(N)=O. The summed E-state index contributed by atoms with van der Waals surface area (Å²) in [5, 5.41) is 0.897. The molecular formula is C14H21N5O2. The van der Waals surface area contributed by atoms with Gasteiger partial charge in [-0.15, -0.1) is 0 Å². The molecule has 0 aromatic carbocycles. The molecule has 0 aliphatic heterocycles. The number of carbonyl (C=O) groups is 2. The maximum atomic E-state index is 11.8. The zero-order valence-corrected chi connectivity index (χ0v) is 12.2. The second kappa shape index (κ2) is 6.62. The van der Waals surface area contributed by atoms with Gasteiger partial charge in [0.1, 0.15) is 11.4 Å². The number of nitrogens with two attached hydrogens (primary N) is 2. The Balaban J connectivity index is 2.38. The molecule has 2 amide bonds. The highest BCUT2D eigenvalue weighted by Crippen LogP contribution is 2.31. The number of primary amides is 1. The average Bonchev–Trinajstić information content (AvgIpc) is 2.53. The highest BCUT2D eigenvalue weighted by Gasteiger charge is 2.24. The van der Waals surface area contributed by atoms with E-state index in [2.05, 4.69) is 9.97 Å². The van der Waals surface area contributed by atoms with E-state index in [1.165, 1.54) is 12.6 Å². The maximum Gasteiger partial charge on any atom is 0.254 e. The van der Waals surface area contributed by atoms with Crippen LogP contribution in [0.4, 0.5) is 5.82 Å². The van der Waals surface area contributed by atoms with Gasteiger partial charge in [-0.2, -0.15) is 0 Å². The van der Waals surface area contributed by atoms with Crippen molar-refractivity contribution in [1.29, 1.82) is 0 Å². The first-order chi connectivity index (χ1) is 10.0. The summed E-state index contributed by atoms with van der Waals surface area (Å²) in [7, 11) is 0. The lowest BCUT2D eigenvalue weighted by molar-refractivity contribution is -0.118. The lowest BCUT2D eigenvalue weighted by Gasteiger charge is -2.23. The number of hydrogen-bond acceptors (Lipinski definition) is 5. The first kappa shape index (κ1) is 15.4. The summed E-state index contributed by atoms with van der Waals surface area (Å²) in [5.41, 5.74) is 5.38. The van der Waals surface area contributed by atoms with Gasteiger partial charge in [-0.05, 0) is 12.8 Å². The van der Waals surface area contributed by atoms with Crippen LogP contribution in [0.25, 0.3) is 0 Å². The van der Waals surface area contributed by atoms with Gasteiger partial charge in [0.15, 0.2) is 5.82 Å². The number of hydrazine groups is 1. The third-order valence-corrected chi connectivity index (χ3v) is 3.82. The van der Waals surface area contributed by atoms with E-state index < -0.39 is 5.91 Å². The molecule has 0 atom stereocenters. The van der Waals surface area contributed by atoms with Gasteiger partial charge in [0.2, 0.25) is 5.91 Å². The van der Waals surface area contributed by atoms with Crippen LogP contribution in [0, 0.1) is 0 Å². The lowest BCUT2D eigenvalue weighted by Crippen LogP contribution is -2.39. The van der Waals surface area contributed by atoms with Crippen LogP contribution in [0.15, 0.2) is 6.20 Å². The zero-order chi connectivity index (χ0) is 15.4. The fourth-order valence-corrected chi connectivity index (χ4v) is 2.59. The van der Waals surface area contributed by atoms with Gasteiger partial charge < -0.3 is 5.73 Å². The molecule has 1 fully saturated rings. The number of anilines is 1. The molecule has 114 valence electrons. The Kier molecular flexibility index (Phi) is 4.85. The number of aromatic nitrogens is 2. The molecular weight excluding hydrogens is 270 g/mol. The highest BCUT2D eigenvalue weighted by molar-refractivity contribution is 6.02. The van der Waals surface area contributed by atoms with Gasteiger partial charge in [-0.3, -0.25) is 9.59 Å². The fraction of sp³-hybridized carbons (Fsp3) is 0.571. The van der Waals surface area contributed by atoms with Crippen LogP contribution >= 0.6 is 0 Å². The van der Waals surface area contributed by atoms with Crippen molar-refractivity contribution in [3.8, 4) is 0 Å². The maximum absolute atomic E-state index is 11.8. The fourth-order valence-electron chi connectivity index (χ4n) is 2.59. The molecule has 0 spiro atoms. The highest BCUT2D eigenvalue weighted by atomic mass is 16.2. The standard InChI is InChI=1S/C14H21N5O2/c1-2-11(20)19(16)14-10(12(15)21)8-17-13(18-14)9-6-4-3-5-7-9/h8-9H,2-7,16H2,1H3,(H2,15,21). The topological polar surface area (TPSA) is 115 Å². The second-order valence-electron chi connectivity index (χ2n) is 5.28. The quantitative estimate of drug-likeness (QED) is 0.492. The van der Waals surface area contributed by atoms with Gasteiger partial charge >= 0.3 is 0 Å². The molecule has 1 aromatic heterocycles. The van der Waals surface area contributed by atoms with Gasteiger partial charge in [-0.1, -0.05) is 26.2 Å². The Morgan fingerprint density at radius 1 is 1.33 bits per heavy atom. The monoisotopic (exact) mass is 291 g/mol. The molecule has 1 saturated carbocycles. The van der Waals surface area contributed by atoms with Crippen molar-refractivity contribution in [3.05, 3.63) is 17.6 Å². The lowest BCUT2D eigenvalue weighted by atomic mass is 9.88. The molecule has 21 heavy (non-hydrogen) atoms. The van der Waals surface area contributed by atoms with Crippen LogP contribution in [0.5, 0.6) is 0 Å². The van der Waals surface area contributed by atoms with Crippen LogP contribution < -0.4 is 16.6 Å². The minimum absolute atomic E-state index is 0.0684. The average molecular weight is 291 g/mol. The molecule has 0 radical (unpaired) electrons. The molecule has 1 aliphatic carbocycles. The van der Waals surface area contributed by atoms with Gasteiger partial charge in [0.25, 0.3) is 5.91 Å². The normalized spacial score (nSPS) is 15.7. The van der Waals surface area contributed by atoms with Gasteiger partial charge in [0, 0.05) is 18.5 Å². The molecule has 7 heteroatoms. The number of amides is 2. The summed E-state index contributed by atoms with van der Waals surface area (Å²) in [6.45, 7) is 1.69. The van der Waals surface area contributed by atoms with E-state index in [0.717, 1.165) is 30.7 Å². The van der Waals surface area contributed by atoms with Crippen LogP contribution in [0.1, 0.15) is 67.5 Å². The van der Waals surface area contributed by atoms with Crippen molar-refractivity contribution in [2.45, 2.75) is 51.4 Å². The van der Waals surface area contributed by atoms with Crippen LogP contribution in [0.2, 0.25) is 0 Å². The van der Waals surface area contributed by atoms with Crippen molar-refractivity contribution in [2.75, 3.05) is 5.01 Å². The Bertz CT molecular complexity index is 540. The Labute approximate surface area is 123 Å². The Morgan fingerprint density at radius 2 is 2.00 bits per heavy atom. The number of nitrogens with zero attached hydrogens (tertiary/aromatic N) is 3. The molecule has 1 heterocycles. The van der Waals surface area contributed by atoms with Crippen molar-refractivity contribution in [2.24, 2.45) is 11.6 Å². The number of rotatable bonds is 4. The van der Waals surface area contributed by atoms with Crippen molar-refractivity contribution in [1.82, 2.24) is 9.97 Å². The first-order valence-corrected chi connectivity index (χ1v) is 7.29. The smallest absolute Gasteiger partial charge is 0.254 e. The van der Waals surface area contributed by atoms with E-state index in [4.69, 9.17) is 11.6 Å². The van der Waals surface area contributed by atoms with E-state index in [1.807, 2.05) is 0 Å². The van der Waals surface area contributed by atoms with Crippen LogP contribution in [0.3, 0.4) is 0 Å². The third kappa shape index (κ3) is 3.36. The second-order valence-corrected chi connectivity index (χ2v) is 5.28. The predicted molar refractivity (Wildman–Crippen MR) is 78.3 cm³/mol. The molecule has 7 nitrogen and oxygen atoms in total. The van der Waals surface area contributed by atoms with Crippen molar-refractivity contribution in [3.63, 3.8) is 0 Å². The van der Waals surface area contributed by atoms with E-state index in [1.54, 1.807) is 6.92 Å². The minimum atomic E-state index is -0.695. The summed E-state index contributed by atoms with van der Waals surface area (Å²) in [6.07, 6.45) is 7.13. The van der Waals surface area contributed by atoms with E-state index >= 15 is 0 Å². The summed E-state index contributed by atoms with van der Waals surface area (Å²) in [5.74, 6) is 5.74. The van der Waals surface area contributed by atoms with E-state index in [-0.39, 0.29) is 29.6 Å². The minimum Gasteiger partial charge on any atom is -0.365 e. The summed E-state index contributed by atoms with van der Waals surface area (Å²) >= 11 is 0. The molecule has 2 rings (SSSR count). The molecule has 0 unspecified atom stereocenters. The van der Waals surface area contributed by atoms with E-state index in [9.17, 15) is 9.59 Å². The van der Waals surface area contributed by atoms with Crippen molar-refractivity contribution < 1.29 is 9.59 Å².